The second kappa shape index (κ2) is 4.65. The van der Waals surface area contributed by atoms with Crippen molar-refractivity contribution in [2.24, 2.45) is 5.92 Å². The SMILES string of the molecule is O=C1NC(=S)C2CCCC2N1Cc1ccncc1. The monoisotopic (exact) mass is 261 g/mol. The van der Waals surface area contributed by atoms with Gasteiger partial charge in [-0.15, -0.1) is 0 Å². The fraction of sp³-hybridized carbons (Fsp3) is 0.462. The second-order valence-corrected chi connectivity index (χ2v) is 5.32. The average Bonchev–Trinajstić information content (AvgIpc) is 2.85. The van der Waals surface area contributed by atoms with Gasteiger partial charge in [0.05, 0.1) is 4.99 Å². The summed E-state index contributed by atoms with van der Waals surface area (Å²) in [6, 6.07) is 4.12. The summed E-state index contributed by atoms with van der Waals surface area (Å²) >= 11 is 5.27. The first-order valence-corrected chi connectivity index (χ1v) is 6.67. The highest BCUT2D eigenvalue weighted by atomic mass is 32.1. The summed E-state index contributed by atoms with van der Waals surface area (Å²) in [5.74, 6) is 0.347. The molecule has 1 aliphatic carbocycles. The molecule has 0 aromatic carbocycles. The van der Waals surface area contributed by atoms with Gasteiger partial charge in [0.2, 0.25) is 0 Å². The summed E-state index contributed by atoms with van der Waals surface area (Å²) in [4.78, 5) is 18.7. The van der Waals surface area contributed by atoms with E-state index in [2.05, 4.69) is 10.3 Å². The molecule has 5 heteroatoms. The molecule has 2 unspecified atom stereocenters. The van der Waals surface area contributed by atoms with Gasteiger partial charge in [-0.1, -0.05) is 18.6 Å². The number of fused-ring (bicyclic) bond motifs is 1. The van der Waals surface area contributed by atoms with Crippen LogP contribution >= 0.6 is 12.2 Å². The molecular formula is C13H15N3OS. The van der Waals surface area contributed by atoms with Crippen molar-refractivity contribution in [3.8, 4) is 0 Å². The molecule has 2 fully saturated rings. The van der Waals surface area contributed by atoms with Gasteiger partial charge in [-0.05, 0) is 30.5 Å². The Bertz CT molecular complexity index is 476. The van der Waals surface area contributed by atoms with E-state index in [-0.39, 0.29) is 12.1 Å². The molecule has 2 atom stereocenters. The van der Waals surface area contributed by atoms with Crippen LogP contribution in [0.2, 0.25) is 0 Å². The topological polar surface area (TPSA) is 45.2 Å². The number of hydrogen-bond donors (Lipinski definition) is 1. The van der Waals surface area contributed by atoms with Crippen LogP contribution in [0.3, 0.4) is 0 Å². The Hall–Kier alpha value is -1.49. The minimum atomic E-state index is -0.0556. The van der Waals surface area contributed by atoms with Crippen LogP contribution in [0.25, 0.3) is 0 Å². The van der Waals surface area contributed by atoms with Gasteiger partial charge in [0.15, 0.2) is 0 Å². The molecule has 4 nitrogen and oxygen atoms in total. The van der Waals surface area contributed by atoms with Gasteiger partial charge in [0.1, 0.15) is 0 Å². The fourth-order valence-corrected chi connectivity index (χ4v) is 3.28. The molecule has 1 aliphatic heterocycles. The zero-order valence-corrected chi connectivity index (χ0v) is 10.8. The van der Waals surface area contributed by atoms with Crippen LogP contribution in [-0.4, -0.2) is 26.9 Å². The van der Waals surface area contributed by atoms with Crippen LogP contribution in [0.1, 0.15) is 24.8 Å². The second-order valence-electron chi connectivity index (χ2n) is 4.88. The number of urea groups is 1. The number of carbonyl (C=O) groups is 1. The molecule has 1 aromatic rings. The molecule has 0 spiro atoms. The Morgan fingerprint density at radius 3 is 2.94 bits per heavy atom. The largest absolute Gasteiger partial charge is 0.322 e. The van der Waals surface area contributed by atoms with Gasteiger partial charge in [-0.25, -0.2) is 4.79 Å². The van der Waals surface area contributed by atoms with Gasteiger partial charge in [0.25, 0.3) is 0 Å². The summed E-state index contributed by atoms with van der Waals surface area (Å²) in [7, 11) is 0. The molecular weight excluding hydrogens is 246 g/mol. The molecule has 2 aliphatic rings. The molecule has 1 saturated heterocycles. The van der Waals surface area contributed by atoms with Crippen LogP contribution in [-0.2, 0) is 6.54 Å². The third-order valence-electron chi connectivity index (χ3n) is 3.81. The van der Waals surface area contributed by atoms with E-state index in [1.807, 2.05) is 17.0 Å². The lowest BCUT2D eigenvalue weighted by atomic mass is 9.99. The quantitative estimate of drug-likeness (QED) is 0.829. The maximum absolute atomic E-state index is 12.1. The normalized spacial score (nSPS) is 27.0. The van der Waals surface area contributed by atoms with Gasteiger partial charge < -0.3 is 10.2 Å². The summed E-state index contributed by atoms with van der Waals surface area (Å²) in [5, 5.41) is 2.82. The molecule has 0 bridgehead atoms. The summed E-state index contributed by atoms with van der Waals surface area (Å²) in [6.07, 6.45) is 6.82. The van der Waals surface area contributed by atoms with E-state index in [0.29, 0.717) is 12.5 Å². The number of nitrogens with zero attached hydrogens (tertiary/aromatic N) is 2. The van der Waals surface area contributed by atoms with E-state index in [9.17, 15) is 4.79 Å². The molecule has 94 valence electrons. The van der Waals surface area contributed by atoms with Crippen LogP contribution in [0.5, 0.6) is 0 Å². The van der Waals surface area contributed by atoms with Crippen molar-refractivity contribution < 1.29 is 4.79 Å². The molecule has 2 amide bonds. The van der Waals surface area contributed by atoms with E-state index in [1.165, 1.54) is 0 Å². The molecule has 3 rings (SSSR count). The lowest BCUT2D eigenvalue weighted by Crippen LogP contribution is -2.57. The van der Waals surface area contributed by atoms with E-state index < -0.39 is 0 Å². The van der Waals surface area contributed by atoms with Crippen molar-refractivity contribution in [3.63, 3.8) is 0 Å². The molecule has 1 saturated carbocycles. The number of rotatable bonds is 2. The lowest BCUT2D eigenvalue weighted by Gasteiger charge is -2.38. The molecule has 18 heavy (non-hydrogen) atoms. The molecule has 1 N–H and O–H groups in total. The predicted molar refractivity (Wildman–Crippen MR) is 72.0 cm³/mol. The van der Waals surface area contributed by atoms with Gasteiger partial charge in [0, 0.05) is 30.9 Å². The van der Waals surface area contributed by atoms with Gasteiger partial charge in [-0.3, -0.25) is 4.98 Å². The standard InChI is InChI=1S/C13H15N3OS/c17-13-15-12(18)10-2-1-3-11(10)16(13)8-9-4-6-14-7-5-9/h4-7,10-11H,1-3,8H2,(H,15,17,18). The first kappa shape index (κ1) is 11.6. The zero-order valence-electron chi connectivity index (χ0n) is 10.0. The van der Waals surface area contributed by atoms with Gasteiger partial charge >= 0.3 is 6.03 Å². The lowest BCUT2D eigenvalue weighted by molar-refractivity contribution is 0.159. The van der Waals surface area contributed by atoms with Crippen molar-refractivity contribution in [1.29, 1.82) is 0 Å². The van der Waals surface area contributed by atoms with Crippen LogP contribution < -0.4 is 5.32 Å². The Morgan fingerprint density at radius 1 is 1.39 bits per heavy atom. The third-order valence-corrected chi connectivity index (χ3v) is 4.21. The maximum atomic E-state index is 12.1. The van der Waals surface area contributed by atoms with Gasteiger partial charge in [-0.2, -0.15) is 0 Å². The van der Waals surface area contributed by atoms with Crippen LogP contribution in [0.4, 0.5) is 4.79 Å². The number of nitrogens with one attached hydrogen (secondary N) is 1. The fourth-order valence-electron chi connectivity index (χ4n) is 2.91. The van der Waals surface area contributed by atoms with Crippen LogP contribution in [0.15, 0.2) is 24.5 Å². The first-order chi connectivity index (χ1) is 8.75. The number of aromatic nitrogens is 1. The zero-order chi connectivity index (χ0) is 12.5. The molecule has 0 radical (unpaired) electrons. The summed E-state index contributed by atoms with van der Waals surface area (Å²) < 4.78 is 0. The van der Waals surface area contributed by atoms with E-state index in [0.717, 1.165) is 29.8 Å². The summed E-state index contributed by atoms with van der Waals surface area (Å²) in [6.45, 7) is 0.637. The highest BCUT2D eigenvalue weighted by Gasteiger charge is 2.41. The maximum Gasteiger partial charge on any atom is 0.322 e. The minimum Gasteiger partial charge on any atom is -0.317 e. The highest BCUT2D eigenvalue weighted by molar-refractivity contribution is 7.80. The van der Waals surface area contributed by atoms with E-state index >= 15 is 0 Å². The number of pyridine rings is 1. The van der Waals surface area contributed by atoms with Crippen molar-refractivity contribution in [1.82, 2.24) is 15.2 Å². The van der Waals surface area contributed by atoms with Crippen molar-refractivity contribution in [2.75, 3.05) is 0 Å². The Kier molecular flexibility index (Phi) is 2.99. The Morgan fingerprint density at radius 2 is 2.17 bits per heavy atom. The smallest absolute Gasteiger partial charge is 0.317 e. The number of hydrogen-bond acceptors (Lipinski definition) is 3. The first-order valence-electron chi connectivity index (χ1n) is 6.26. The van der Waals surface area contributed by atoms with E-state index in [4.69, 9.17) is 12.2 Å². The minimum absolute atomic E-state index is 0.0556. The predicted octanol–water partition coefficient (Wildman–Crippen LogP) is 2.10. The Labute approximate surface area is 111 Å². The number of amides is 2. The van der Waals surface area contributed by atoms with Crippen molar-refractivity contribution in [2.45, 2.75) is 31.8 Å². The molecule has 2 heterocycles. The summed E-state index contributed by atoms with van der Waals surface area (Å²) in [5.41, 5.74) is 1.11. The van der Waals surface area contributed by atoms with Crippen molar-refractivity contribution >= 4 is 23.2 Å². The number of carbonyl (C=O) groups excluding carboxylic acids is 1. The third kappa shape index (κ3) is 1.99. The van der Waals surface area contributed by atoms with Crippen molar-refractivity contribution in [3.05, 3.63) is 30.1 Å². The van der Waals surface area contributed by atoms with Crippen LogP contribution in [0, 0.1) is 5.92 Å². The molecule has 1 aromatic heterocycles. The number of thiocarbonyl (C=S) groups is 1. The average molecular weight is 261 g/mol. The Balaban J connectivity index is 1.82. The van der Waals surface area contributed by atoms with E-state index in [1.54, 1.807) is 12.4 Å². The highest BCUT2D eigenvalue weighted by Crippen LogP contribution is 2.34.